The molecule has 54 valence electrons. The zero-order valence-electron chi connectivity index (χ0n) is 5.70. The Labute approximate surface area is 58.5 Å². The van der Waals surface area contributed by atoms with Crippen molar-refractivity contribution in [2.24, 2.45) is 0 Å². The molecule has 1 aromatic carbocycles. The van der Waals surface area contributed by atoms with Gasteiger partial charge in [0.2, 0.25) is 0 Å². The Hall–Kier alpha value is -0.920. The Bertz CT molecular complexity index is 231. The molecule has 0 heterocycles. The minimum absolute atomic E-state index is 0.139. The quantitative estimate of drug-likeness (QED) is 0.565. The van der Waals surface area contributed by atoms with Gasteiger partial charge < -0.3 is 0 Å². The summed E-state index contributed by atoms with van der Waals surface area (Å²) in [4.78, 5) is 0. The molecule has 0 saturated carbocycles. The molecule has 0 radical (unpaired) electrons. The van der Waals surface area contributed by atoms with Crippen LogP contribution in [0, 0.1) is 12.7 Å². The Balaban J connectivity index is 3.14. The second-order valence-electron chi connectivity index (χ2n) is 2.18. The van der Waals surface area contributed by atoms with Crippen molar-refractivity contribution in [3.8, 4) is 0 Å². The van der Waals surface area contributed by atoms with Gasteiger partial charge in [0.1, 0.15) is 12.5 Å². The van der Waals surface area contributed by atoms with E-state index in [9.17, 15) is 8.78 Å². The molecule has 0 unspecified atom stereocenters. The summed E-state index contributed by atoms with van der Waals surface area (Å²) >= 11 is 0. The fourth-order valence-electron chi connectivity index (χ4n) is 0.811. The molecular formula is C8H8F2. The van der Waals surface area contributed by atoms with Gasteiger partial charge in [0, 0.05) is 5.56 Å². The van der Waals surface area contributed by atoms with Crippen LogP contribution in [0.3, 0.4) is 0 Å². The van der Waals surface area contributed by atoms with Crippen LogP contribution in [0.2, 0.25) is 0 Å². The van der Waals surface area contributed by atoms with Gasteiger partial charge in [-0.3, -0.25) is 0 Å². The van der Waals surface area contributed by atoms with E-state index >= 15 is 0 Å². The van der Waals surface area contributed by atoms with E-state index in [2.05, 4.69) is 0 Å². The monoisotopic (exact) mass is 142 g/mol. The van der Waals surface area contributed by atoms with Crippen LogP contribution in [-0.2, 0) is 6.67 Å². The summed E-state index contributed by atoms with van der Waals surface area (Å²) in [7, 11) is 0. The molecule has 0 aromatic heterocycles. The van der Waals surface area contributed by atoms with Crippen LogP contribution in [0.1, 0.15) is 11.1 Å². The Morgan fingerprint density at radius 1 is 1.40 bits per heavy atom. The average molecular weight is 142 g/mol. The van der Waals surface area contributed by atoms with E-state index in [1.165, 1.54) is 6.07 Å². The van der Waals surface area contributed by atoms with Crippen LogP contribution in [-0.4, -0.2) is 0 Å². The van der Waals surface area contributed by atoms with Gasteiger partial charge in [-0.05, 0) is 12.5 Å². The molecular weight excluding hydrogens is 134 g/mol. The van der Waals surface area contributed by atoms with Crippen molar-refractivity contribution in [1.29, 1.82) is 0 Å². The Kier molecular flexibility index (Phi) is 2.00. The van der Waals surface area contributed by atoms with Gasteiger partial charge in [-0.1, -0.05) is 18.2 Å². The highest BCUT2D eigenvalue weighted by Crippen LogP contribution is 2.12. The number of halogens is 2. The van der Waals surface area contributed by atoms with Crippen molar-refractivity contribution < 1.29 is 8.78 Å². The summed E-state index contributed by atoms with van der Waals surface area (Å²) < 4.78 is 24.7. The summed E-state index contributed by atoms with van der Waals surface area (Å²) in [6, 6.07) is 4.71. The van der Waals surface area contributed by atoms with E-state index in [1.54, 1.807) is 19.1 Å². The minimum atomic E-state index is -0.729. The molecule has 2 heteroatoms. The Morgan fingerprint density at radius 3 is 2.60 bits per heavy atom. The number of rotatable bonds is 1. The van der Waals surface area contributed by atoms with Gasteiger partial charge in [0.05, 0.1) is 0 Å². The van der Waals surface area contributed by atoms with E-state index in [0.717, 1.165) is 0 Å². The molecule has 0 amide bonds. The highest BCUT2D eigenvalue weighted by atomic mass is 19.1. The smallest absolute Gasteiger partial charge is 0.131 e. The first kappa shape index (κ1) is 7.19. The normalized spacial score (nSPS) is 9.90. The molecule has 1 rings (SSSR count). The van der Waals surface area contributed by atoms with E-state index in [-0.39, 0.29) is 5.56 Å². The van der Waals surface area contributed by atoms with Crippen LogP contribution in [0.25, 0.3) is 0 Å². The van der Waals surface area contributed by atoms with Crippen LogP contribution >= 0.6 is 0 Å². The lowest BCUT2D eigenvalue weighted by Gasteiger charge is -1.98. The largest absolute Gasteiger partial charge is 0.246 e. The molecule has 0 nitrogen and oxygen atoms in total. The lowest BCUT2D eigenvalue weighted by molar-refractivity contribution is 0.462. The second kappa shape index (κ2) is 2.78. The zero-order valence-corrected chi connectivity index (χ0v) is 5.70. The number of hydrogen-bond acceptors (Lipinski definition) is 0. The molecule has 1 aromatic rings. The van der Waals surface area contributed by atoms with Gasteiger partial charge in [0.15, 0.2) is 0 Å². The summed E-state index contributed by atoms with van der Waals surface area (Å²) in [5, 5.41) is 0. The molecule has 0 aliphatic rings. The molecule has 0 fully saturated rings. The standard InChI is InChI=1S/C8H8F2/c1-6-3-2-4-7(5-9)8(6)10/h2-4H,5H2,1H3. The summed E-state index contributed by atoms with van der Waals surface area (Å²) in [6.45, 7) is 0.891. The maximum absolute atomic E-state index is 12.8. The lowest BCUT2D eigenvalue weighted by Crippen LogP contribution is -1.88. The first-order valence-electron chi connectivity index (χ1n) is 3.05. The number of aryl methyl sites for hydroxylation is 1. The van der Waals surface area contributed by atoms with Crippen molar-refractivity contribution in [3.05, 3.63) is 35.1 Å². The average Bonchev–Trinajstić information content (AvgIpc) is 1.95. The zero-order chi connectivity index (χ0) is 7.56. The van der Waals surface area contributed by atoms with Crippen molar-refractivity contribution in [1.82, 2.24) is 0 Å². The summed E-state index contributed by atoms with van der Waals surface area (Å²) in [5.41, 5.74) is 0.634. The highest BCUT2D eigenvalue weighted by molar-refractivity contribution is 5.23. The van der Waals surface area contributed by atoms with E-state index < -0.39 is 12.5 Å². The topological polar surface area (TPSA) is 0 Å². The van der Waals surface area contributed by atoms with Crippen LogP contribution < -0.4 is 0 Å². The van der Waals surface area contributed by atoms with Crippen molar-refractivity contribution in [3.63, 3.8) is 0 Å². The first-order valence-corrected chi connectivity index (χ1v) is 3.05. The molecule has 0 spiro atoms. The van der Waals surface area contributed by atoms with Crippen LogP contribution in [0.4, 0.5) is 8.78 Å². The van der Waals surface area contributed by atoms with E-state index in [0.29, 0.717) is 5.56 Å². The molecule has 0 atom stereocenters. The third kappa shape index (κ3) is 1.15. The maximum Gasteiger partial charge on any atom is 0.131 e. The predicted molar refractivity (Wildman–Crippen MR) is 35.9 cm³/mol. The van der Waals surface area contributed by atoms with Crippen LogP contribution in [0.5, 0.6) is 0 Å². The second-order valence-corrected chi connectivity index (χ2v) is 2.18. The SMILES string of the molecule is Cc1cccc(CF)c1F. The first-order chi connectivity index (χ1) is 4.75. The Morgan fingerprint density at radius 2 is 2.10 bits per heavy atom. The lowest BCUT2D eigenvalue weighted by atomic mass is 10.1. The highest BCUT2D eigenvalue weighted by Gasteiger charge is 2.01. The minimum Gasteiger partial charge on any atom is -0.246 e. The number of alkyl halides is 1. The van der Waals surface area contributed by atoms with Crippen molar-refractivity contribution in [2.45, 2.75) is 13.6 Å². The summed E-state index contributed by atoms with van der Waals surface area (Å²) in [5.74, 6) is -0.426. The molecule has 0 saturated heterocycles. The van der Waals surface area contributed by atoms with Gasteiger partial charge in [-0.25, -0.2) is 8.78 Å². The van der Waals surface area contributed by atoms with E-state index in [1.807, 2.05) is 0 Å². The van der Waals surface area contributed by atoms with Gasteiger partial charge in [-0.2, -0.15) is 0 Å². The fourth-order valence-corrected chi connectivity index (χ4v) is 0.811. The van der Waals surface area contributed by atoms with Crippen LogP contribution in [0.15, 0.2) is 18.2 Å². The molecule has 0 N–H and O–H groups in total. The van der Waals surface area contributed by atoms with Crippen molar-refractivity contribution in [2.75, 3.05) is 0 Å². The van der Waals surface area contributed by atoms with E-state index in [4.69, 9.17) is 0 Å². The number of hydrogen-bond donors (Lipinski definition) is 0. The third-order valence-electron chi connectivity index (χ3n) is 1.42. The molecule has 10 heavy (non-hydrogen) atoms. The van der Waals surface area contributed by atoms with Gasteiger partial charge in [0.25, 0.3) is 0 Å². The maximum atomic E-state index is 12.8. The third-order valence-corrected chi connectivity index (χ3v) is 1.42. The fraction of sp³-hybridized carbons (Fsp3) is 0.250. The predicted octanol–water partition coefficient (Wildman–Crippen LogP) is 2.60. The molecule has 0 aliphatic carbocycles. The summed E-state index contributed by atoms with van der Waals surface area (Å²) in [6.07, 6.45) is 0. The van der Waals surface area contributed by atoms with Gasteiger partial charge in [-0.15, -0.1) is 0 Å². The number of benzene rings is 1. The van der Waals surface area contributed by atoms with Gasteiger partial charge >= 0.3 is 0 Å². The molecule has 0 aliphatic heterocycles. The van der Waals surface area contributed by atoms with Crippen molar-refractivity contribution >= 4 is 0 Å². The molecule has 0 bridgehead atoms.